The molecule has 5 aliphatic carbocycles. The third-order valence-corrected chi connectivity index (χ3v) is 14.6. The minimum Gasteiger partial charge on any atom is -0.314 e. The second-order valence-corrected chi connectivity index (χ2v) is 19.1. The molecule has 1 unspecified atom stereocenters. The van der Waals surface area contributed by atoms with E-state index in [1.807, 2.05) is 6.08 Å². The lowest BCUT2D eigenvalue weighted by Gasteiger charge is -2.32. The Morgan fingerprint density at radius 3 is 1.76 bits per heavy atom. The van der Waals surface area contributed by atoms with Crippen molar-refractivity contribution in [3.63, 3.8) is 0 Å². The van der Waals surface area contributed by atoms with E-state index in [1.54, 1.807) is 0 Å². The summed E-state index contributed by atoms with van der Waals surface area (Å²) >= 11 is 0. The van der Waals surface area contributed by atoms with Gasteiger partial charge in [-0.15, -0.1) is 0 Å². The molecule has 0 saturated carbocycles. The molecule has 0 N–H and O–H groups in total. The summed E-state index contributed by atoms with van der Waals surface area (Å²) in [5.74, 6) is 0.393. The van der Waals surface area contributed by atoms with Crippen LogP contribution in [-0.2, 0) is 0 Å². The maximum atomic E-state index is 3.49. The minimum atomic E-state index is 0.393. The van der Waals surface area contributed by atoms with E-state index in [1.165, 1.54) is 85.5 Å². The molecular formula is C68H60N2. The summed E-state index contributed by atoms with van der Waals surface area (Å²) in [7, 11) is 0. The fourth-order valence-corrected chi connectivity index (χ4v) is 10.8. The molecule has 2 heteroatoms. The number of allylic oxidation sites excluding steroid dienone is 18. The smallest absolute Gasteiger partial charge is 0.0543 e. The van der Waals surface area contributed by atoms with E-state index in [2.05, 4.69) is 241 Å². The zero-order valence-corrected chi connectivity index (χ0v) is 40.3. The fourth-order valence-electron chi connectivity index (χ4n) is 10.8. The van der Waals surface area contributed by atoms with Crippen molar-refractivity contribution in [2.75, 3.05) is 9.80 Å². The maximum absolute atomic E-state index is 3.49. The quantitative estimate of drug-likeness (QED) is 0.0892. The van der Waals surface area contributed by atoms with Crippen LogP contribution in [0.25, 0.3) is 39.0 Å². The van der Waals surface area contributed by atoms with Crippen LogP contribution in [0.2, 0.25) is 0 Å². The molecule has 0 amide bonds. The Morgan fingerprint density at radius 1 is 0.471 bits per heavy atom. The number of hydrogen-bond acceptors (Lipinski definition) is 2. The predicted molar refractivity (Wildman–Crippen MR) is 299 cm³/mol. The third kappa shape index (κ3) is 9.72. The van der Waals surface area contributed by atoms with Crippen LogP contribution < -0.4 is 9.80 Å². The normalized spacial score (nSPS) is 17.4. The standard InChI is InChI=1S/C68H60N2/c1-50-17-7-2-16-26-66(50)59-35-46-65(47-36-59)70(68-48-37-60(53-22-12-5-13-23-53)49-67(68)58-24-14-6-15-25-58)64-44-33-57(34-45-64)56-31-42-63(43-32-56)69(61-38-27-54(28-39-61)51-18-8-3-9-19-51)62-40-29-55(30-41-62)52-20-10-4-11-21-52/h3-4,6-10,14,17-20,22,24,26-33,35-44,46-50H,2,5,11-13,16,21,23,34,45H2,1H3. The van der Waals surface area contributed by atoms with Crippen molar-refractivity contribution in [1.29, 1.82) is 0 Å². The first-order valence-electron chi connectivity index (χ1n) is 25.5. The zero-order valence-electron chi connectivity index (χ0n) is 40.3. The molecule has 0 aromatic heterocycles. The molecule has 0 heterocycles. The van der Waals surface area contributed by atoms with Crippen LogP contribution in [0.15, 0.2) is 236 Å². The van der Waals surface area contributed by atoms with Gasteiger partial charge < -0.3 is 9.80 Å². The van der Waals surface area contributed by atoms with Crippen molar-refractivity contribution in [1.82, 2.24) is 0 Å². The van der Waals surface area contributed by atoms with Crippen LogP contribution >= 0.6 is 0 Å². The molecule has 0 bridgehead atoms. The van der Waals surface area contributed by atoms with Gasteiger partial charge in [0, 0.05) is 39.6 Å². The highest BCUT2D eigenvalue weighted by Gasteiger charge is 2.24. The van der Waals surface area contributed by atoms with Gasteiger partial charge in [-0.3, -0.25) is 0 Å². The molecule has 5 aliphatic rings. The number of anilines is 5. The molecule has 0 radical (unpaired) electrons. The van der Waals surface area contributed by atoms with Crippen molar-refractivity contribution in [2.24, 2.45) is 5.92 Å². The van der Waals surface area contributed by atoms with Gasteiger partial charge >= 0.3 is 0 Å². The average molecular weight is 905 g/mol. The molecule has 0 aliphatic heterocycles. The highest BCUT2D eigenvalue weighted by Crippen LogP contribution is 2.44. The molecule has 2 nitrogen and oxygen atoms in total. The van der Waals surface area contributed by atoms with Gasteiger partial charge in [0.15, 0.2) is 0 Å². The SMILES string of the molecule is CC1C=CCCC=C1c1ccc(N(C2=CC=C(c3ccc(N(c4ccc(C5=CC=CCC5)cc4)c4ccc(-c5ccccc5)cc4)cc3)CC2)c2ccc(C3=CCCCC3)cc2C2=C=C=CC=C2)cc1. The van der Waals surface area contributed by atoms with Crippen molar-refractivity contribution < 1.29 is 0 Å². The van der Waals surface area contributed by atoms with Gasteiger partial charge in [0.2, 0.25) is 0 Å². The van der Waals surface area contributed by atoms with Gasteiger partial charge in [-0.1, -0.05) is 158 Å². The molecule has 6 aromatic carbocycles. The summed E-state index contributed by atoms with van der Waals surface area (Å²) < 4.78 is 0. The van der Waals surface area contributed by atoms with E-state index in [9.17, 15) is 0 Å². The van der Waals surface area contributed by atoms with Crippen LogP contribution in [0.4, 0.5) is 28.4 Å². The Hall–Kier alpha value is -7.86. The predicted octanol–water partition coefficient (Wildman–Crippen LogP) is 19.0. The number of hydrogen-bond donors (Lipinski definition) is 0. The first-order valence-corrected chi connectivity index (χ1v) is 25.5. The van der Waals surface area contributed by atoms with Gasteiger partial charge in [0.05, 0.1) is 5.69 Å². The van der Waals surface area contributed by atoms with Crippen LogP contribution in [0, 0.1) is 5.92 Å². The second-order valence-electron chi connectivity index (χ2n) is 19.1. The van der Waals surface area contributed by atoms with Crippen LogP contribution in [0.1, 0.15) is 98.9 Å². The summed E-state index contributed by atoms with van der Waals surface area (Å²) in [4.78, 5) is 4.89. The lowest BCUT2D eigenvalue weighted by molar-refractivity contribution is 0.742. The molecular weight excluding hydrogens is 845 g/mol. The summed E-state index contributed by atoms with van der Waals surface area (Å²) in [6.45, 7) is 2.31. The first-order chi connectivity index (χ1) is 34.6. The van der Waals surface area contributed by atoms with E-state index < -0.39 is 0 Å². The van der Waals surface area contributed by atoms with Gasteiger partial charge in [0.1, 0.15) is 0 Å². The summed E-state index contributed by atoms with van der Waals surface area (Å²) in [6, 6.07) is 54.4. The van der Waals surface area contributed by atoms with Gasteiger partial charge in [-0.05, 0) is 205 Å². The van der Waals surface area contributed by atoms with E-state index in [-0.39, 0.29) is 0 Å². The zero-order chi connectivity index (χ0) is 47.1. The Balaban J connectivity index is 0.943. The summed E-state index contributed by atoms with van der Waals surface area (Å²) in [6.07, 6.45) is 38.2. The molecule has 70 heavy (non-hydrogen) atoms. The van der Waals surface area contributed by atoms with Crippen molar-refractivity contribution in [3.8, 4) is 11.1 Å². The molecule has 0 fully saturated rings. The van der Waals surface area contributed by atoms with Crippen molar-refractivity contribution in [2.45, 2.75) is 71.1 Å². The van der Waals surface area contributed by atoms with Crippen LogP contribution in [-0.4, -0.2) is 0 Å². The van der Waals surface area contributed by atoms with E-state index in [0.717, 1.165) is 79.7 Å². The fraction of sp³-hybridized carbons (Fsp3) is 0.176. The van der Waals surface area contributed by atoms with Gasteiger partial charge in [-0.2, -0.15) is 0 Å². The summed E-state index contributed by atoms with van der Waals surface area (Å²) in [5, 5.41) is 0. The number of nitrogens with zero attached hydrogens (tertiary/aromatic N) is 2. The van der Waals surface area contributed by atoms with Crippen molar-refractivity contribution in [3.05, 3.63) is 263 Å². The topological polar surface area (TPSA) is 6.48 Å². The minimum absolute atomic E-state index is 0.393. The molecule has 1 atom stereocenters. The maximum Gasteiger partial charge on any atom is 0.0543 e. The Morgan fingerprint density at radius 2 is 1.13 bits per heavy atom. The van der Waals surface area contributed by atoms with Crippen LogP contribution in [0.5, 0.6) is 0 Å². The highest BCUT2D eigenvalue weighted by molar-refractivity contribution is 5.90. The van der Waals surface area contributed by atoms with Gasteiger partial charge in [-0.25, -0.2) is 0 Å². The molecule has 0 spiro atoms. The molecule has 342 valence electrons. The number of benzene rings is 6. The average Bonchev–Trinajstić information content (AvgIpc) is 3.67. The highest BCUT2D eigenvalue weighted by atomic mass is 15.2. The Labute approximate surface area is 415 Å². The lowest BCUT2D eigenvalue weighted by atomic mass is 9.89. The van der Waals surface area contributed by atoms with Crippen LogP contribution in [0.3, 0.4) is 0 Å². The third-order valence-electron chi connectivity index (χ3n) is 14.6. The molecule has 6 aromatic rings. The molecule has 0 saturated heterocycles. The van der Waals surface area contributed by atoms with Gasteiger partial charge in [0.25, 0.3) is 0 Å². The Kier molecular flexibility index (Phi) is 13.3. The monoisotopic (exact) mass is 904 g/mol. The number of rotatable bonds is 12. The molecule has 11 rings (SSSR count). The summed E-state index contributed by atoms with van der Waals surface area (Å²) in [5.41, 5.74) is 29.2. The van der Waals surface area contributed by atoms with E-state index >= 15 is 0 Å². The Bertz CT molecular complexity index is 3240. The van der Waals surface area contributed by atoms with Crippen molar-refractivity contribution >= 4 is 56.3 Å². The first kappa shape index (κ1) is 44.6. The van der Waals surface area contributed by atoms with E-state index in [4.69, 9.17) is 0 Å². The lowest BCUT2D eigenvalue weighted by Crippen LogP contribution is -2.19. The van der Waals surface area contributed by atoms with E-state index in [0.29, 0.717) is 5.92 Å². The largest absolute Gasteiger partial charge is 0.314 e. The second kappa shape index (κ2) is 20.8.